The first-order valence-corrected chi connectivity index (χ1v) is 5.44. The van der Waals surface area contributed by atoms with Crippen molar-refractivity contribution in [3.05, 3.63) is 28.5 Å². The summed E-state index contributed by atoms with van der Waals surface area (Å²) < 4.78 is 17.9. The summed E-state index contributed by atoms with van der Waals surface area (Å²) in [5, 5.41) is 19.0. The van der Waals surface area contributed by atoms with Crippen molar-refractivity contribution in [3.8, 4) is 6.07 Å². The Morgan fingerprint density at radius 1 is 1.65 bits per heavy atom. The van der Waals surface area contributed by atoms with Crippen LogP contribution < -0.4 is 11.2 Å². The number of carbonyl (C=O) groups excluding carboxylic acids is 1. The van der Waals surface area contributed by atoms with Gasteiger partial charge in [-0.05, 0) is 12.1 Å². The molecule has 0 aromatic heterocycles. The van der Waals surface area contributed by atoms with E-state index in [1.165, 1.54) is 6.07 Å². The van der Waals surface area contributed by atoms with Gasteiger partial charge in [0.1, 0.15) is 17.4 Å². The van der Waals surface area contributed by atoms with Gasteiger partial charge >= 0.3 is 5.97 Å². The van der Waals surface area contributed by atoms with E-state index in [1.807, 2.05) is 0 Å². The van der Waals surface area contributed by atoms with E-state index in [4.69, 9.17) is 28.0 Å². The van der Waals surface area contributed by atoms with Gasteiger partial charge in [-0.15, -0.1) is 0 Å². The number of hydrogen-bond acceptors (Lipinski definition) is 6. The van der Waals surface area contributed by atoms with Crippen LogP contribution in [-0.4, -0.2) is 24.6 Å². The Morgan fingerprint density at radius 3 is 2.80 bits per heavy atom. The molecular formula is C11H9ClFN5O2. The molecular weight excluding hydrogens is 289 g/mol. The Labute approximate surface area is 118 Å². The highest BCUT2D eigenvalue weighted by Gasteiger charge is 2.19. The molecule has 0 aliphatic rings. The number of rotatable bonds is 4. The van der Waals surface area contributed by atoms with Gasteiger partial charge in [-0.1, -0.05) is 11.6 Å². The number of methoxy groups -OCH3 is 1. The van der Waals surface area contributed by atoms with E-state index in [0.29, 0.717) is 0 Å². The second-order valence-electron chi connectivity index (χ2n) is 3.37. The van der Waals surface area contributed by atoms with E-state index in [-0.39, 0.29) is 16.4 Å². The lowest BCUT2D eigenvalue weighted by Crippen LogP contribution is -2.22. The summed E-state index contributed by atoms with van der Waals surface area (Å²) in [5.41, 5.74) is 6.64. The normalized spacial score (nSPS) is 10.6. The molecule has 0 spiro atoms. The first kappa shape index (κ1) is 15.4. The topological polar surface area (TPSA) is 124 Å². The van der Waals surface area contributed by atoms with Gasteiger partial charge in [0.25, 0.3) is 0 Å². The molecule has 4 N–H and O–H groups in total. The number of carbonyl (C=O) groups is 1. The minimum atomic E-state index is -0.952. The molecule has 0 heterocycles. The quantitative estimate of drug-likeness (QED) is 0.336. The van der Waals surface area contributed by atoms with Crippen LogP contribution in [0, 0.1) is 22.6 Å². The van der Waals surface area contributed by atoms with Crippen LogP contribution in [-0.2, 0) is 4.74 Å². The number of halogens is 2. The van der Waals surface area contributed by atoms with Crippen molar-refractivity contribution >= 4 is 34.8 Å². The molecule has 0 unspecified atom stereocenters. The Balaban J connectivity index is 3.20. The first-order chi connectivity index (χ1) is 9.42. The average molecular weight is 298 g/mol. The molecule has 104 valence electrons. The number of hydrazone groups is 1. The lowest BCUT2D eigenvalue weighted by atomic mass is 10.2. The van der Waals surface area contributed by atoms with Crippen molar-refractivity contribution in [1.29, 1.82) is 10.7 Å². The van der Waals surface area contributed by atoms with Crippen LogP contribution in [0.15, 0.2) is 17.2 Å². The Morgan fingerprint density at radius 2 is 2.30 bits per heavy atom. The zero-order valence-corrected chi connectivity index (χ0v) is 11.0. The van der Waals surface area contributed by atoms with Crippen LogP contribution in [0.25, 0.3) is 0 Å². The summed E-state index contributed by atoms with van der Waals surface area (Å²) in [5.74, 6) is -2.36. The lowest BCUT2D eigenvalue weighted by molar-refractivity contribution is 0.0596. The predicted octanol–water partition coefficient (Wildman–Crippen LogP) is 1.49. The third-order valence-electron chi connectivity index (χ3n) is 2.13. The SMILES string of the molecule is COC(=O)c1c(F)ccc(N/N=C(\C#N)C(=N)N)c1Cl. The molecule has 0 saturated heterocycles. The van der Waals surface area contributed by atoms with E-state index in [0.717, 1.165) is 13.2 Å². The zero-order valence-electron chi connectivity index (χ0n) is 10.2. The summed E-state index contributed by atoms with van der Waals surface area (Å²) in [6, 6.07) is 3.77. The second kappa shape index (κ2) is 6.49. The zero-order chi connectivity index (χ0) is 15.3. The van der Waals surface area contributed by atoms with E-state index in [1.54, 1.807) is 6.07 Å². The third-order valence-corrected chi connectivity index (χ3v) is 2.52. The van der Waals surface area contributed by atoms with Crippen molar-refractivity contribution in [1.82, 2.24) is 0 Å². The molecule has 1 rings (SSSR count). The molecule has 7 nitrogen and oxygen atoms in total. The van der Waals surface area contributed by atoms with Crippen LogP contribution in [0.1, 0.15) is 10.4 Å². The molecule has 20 heavy (non-hydrogen) atoms. The molecule has 0 saturated carbocycles. The lowest BCUT2D eigenvalue weighted by Gasteiger charge is -2.08. The van der Waals surface area contributed by atoms with Crippen LogP contribution in [0.2, 0.25) is 5.02 Å². The van der Waals surface area contributed by atoms with Crippen LogP contribution in [0.5, 0.6) is 0 Å². The predicted molar refractivity (Wildman–Crippen MR) is 71.3 cm³/mol. The summed E-state index contributed by atoms with van der Waals surface area (Å²) in [6.45, 7) is 0. The molecule has 0 radical (unpaired) electrons. The summed E-state index contributed by atoms with van der Waals surface area (Å²) in [4.78, 5) is 11.4. The molecule has 0 atom stereocenters. The van der Waals surface area contributed by atoms with Gasteiger partial charge in [0.15, 0.2) is 5.84 Å². The molecule has 1 aromatic carbocycles. The minimum Gasteiger partial charge on any atom is -0.465 e. The van der Waals surface area contributed by atoms with E-state index in [9.17, 15) is 9.18 Å². The number of anilines is 1. The van der Waals surface area contributed by atoms with Gasteiger partial charge < -0.3 is 10.5 Å². The highest BCUT2D eigenvalue weighted by Crippen LogP contribution is 2.28. The molecule has 0 amide bonds. The molecule has 1 aromatic rings. The molecule has 0 fully saturated rings. The third kappa shape index (κ3) is 3.21. The highest BCUT2D eigenvalue weighted by molar-refractivity contribution is 6.46. The summed E-state index contributed by atoms with van der Waals surface area (Å²) in [7, 11) is 1.08. The Hall–Kier alpha value is -2.66. The van der Waals surface area contributed by atoms with Gasteiger partial charge in [0.2, 0.25) is 5.71 Å². The molecule has 9 heteroatoms. The number of nitrogens with one attached hydrogen (secondary N) is 2. The van der Waals surface area contributed by atoms with E-state index >= 15 is 0 Å². The number of hydrogen-bond donors (Lipinski definition) is 3. The van der Waals surface area contributed by atoms with Crippen molar-refractivity contribution < 1.29 is 13.9 Å². The van der Waals surface area contributed by atoms with Gasteiger partial charge in [0.05, 0.1) is 17.8 Å². The van der Waals surface area contributed by atoms with Crippen LogP contribution >= 0.6 is 11.6 Å². The number of nitriles is 1. The maximum Gasteiger partial charge on any atom is 0.342 e. The number of nitrogens with zero attached hydrogens (tertiary/aromatic N) is 2. The van der Waals surface area contributed by atoms with Crippen LogP contribution in [0.3, 0.4) is 0 Å². The Bertz CT molecular complexity index is 638. The fourth-order valence-electron chi connectivity index (χ4n) is 1.19. The van der Waals surface area contributed by atoms with Crippen molar-refractivity contribution in [2.75, 3.05) is 12.5 Å². The van der Waals surface area contributed by atoms with Gasteiger partial charge in [-0.25, -0.2) is 9.18 Å². The van der Waals surface area contributed by atoms with Crippen molar-refractivity contribution in [3.63, 3.8) is 0 Å². The number of ether oxygens (including phenoxy) is 1. The Kier molecular flexibility index (Phi) is 5.00. The molecule has 0 aliphatic heterocycles. The number of esters is 1. The standard InChI is InChI=1S/C11H9ClFN5O2/c1-20-11(19)8-5(13)2-3-6(9(8)12)17-18-7(4-14)10(15)16/h2-3,17H,1H3,(H3,15,16)/b18-7+. The fraction of sp³-hybridized carbons (Fsp3) is 0.0909. The largest absolute Gasteiger partial charge is 0.465 e. The molecule has 0 aliphatic carbocycles. The number of amidine groups is 1. The summed E-state index contributed by atoms with van der Waals surface area (Å²) in [6.07, 6.45) is 0. The monoisotopic (exact) mass is 297 g/mol. The maximum absolute atomic E-state index is 13.5. The van der Waals surface area contributed by atoms with Gasteiger partial charge in [-0.2, -0.15) is 10.4 Å². The maximum atomic E-state index is 13.5. The fourth-order valence-corrected chi connectivity index (χ4v) is 1.46. The van der Waals surface area contributed by atoms with Gasteiger partial charge in [0, 0.05) is 0 Å². The average Bonchev–Trinajstić information content (AvgIpc) is 2.41. The van der Waals surface area contributed by atoms with Gasteiger partial charge in [-0.3, -0.25) is 10.8 Å². The van der Waals surface area contributed by atoms with E-state index < -0.39 is 23.2 Å². The number of benzene rings is 1. The highest BCUT2D eigenvalue weighted by atomic mass is 35.5. The smallest absolute Gasteiger partial charge is 0.342 e. The molecule has 0 bridgehead atoms. The second-order valence-corrected chi connectivity index (χ2v) is 3.75. The van der Waals surface area contributed by atoms with E-state index in [2.05, 4.69) is 15.3 Å². The summed E-state index contributed by atoms with van der Waals surface area (Å²) >= 11 is 5.85. The van der Waals surface area contributed by atoms with Crippen molar-refractivity contribution in [2.45, 2.75) is 0 Å². The first-order valence-electron chi connectivity index (χ1n) is 5.06. The number of nitrogens with two attached hydrogens (primary N) is 1. The minimum absolute atomic E-state index is 0.0578. The van der Waals surface area contributed by atoms with Crippen LogP contribution in [0.4, 0.5) is 10.1 Å². The van der Waals surface area contributed by atoms with Crippen molar-refractivity contribution in [2.24, 2.45) is 10.8 Å².